The molecule has 1 aliphatic rings. The van der Waals surface area contributed by atoms with Gasteiger partial charge in [0.1, 0.15) is 0 Å². The summed E-state index contributed by atoms with van der Waals surface area (Å²) in [6, 6.07) is 0.205. The summed E-state index contributed by atoms with van der Waals surface area (Å²) in [5.41, 5.74) is -0.490. The first-order chi connectivity index (χ1) is 8.28. The van der Waals surface area contributed by atoms with Gasteiger partial charge in [-0.15, -0.1) is 0 Å². The SMILES string of the molecule is CN1CCCC(NC(=O)CC(C)(C)CC(=O)O)C1. The van der Waals surface area contributed by atoms with Crippen LogP contribution in [0.2, 0.25) is 0 Å². The number of piperidine rings is 1. The van der Waals surface area contributed by atoms with Crippen molar-refractivity contribution >= 4 is 11.9 Å². The fourth-order valence-electron chi connectivity index (χ4n) is 2.47. The van der Waals surface area contributed by atoms with Crippen LogP contribution >= 0.6 is 0 Å². The number of likely N-dealkylation sites (N-methyl/N-ethyl adjacent to an activating group) is 1. The number of hydrogen-bond acceptors (Lipinski definition) is 3. The Bertz CT molecular complexity index is 315. The largest absolute Gasteiger partial charge is 0.481 e. The number of amides is 1. The maximum Gasteiger partial charge on any atom is 0.303 e. The van der Waals surface area contributed by atoms with Gasteiger partial charge in [0, 0.05) is 19.0 Å². The third-order valence-electron chi connectivity index (χ3n) is 3.26. The third kappa shape index (κ3) is 5.49. The van der Waals surface area contributed by atoms with E-state index in [1.807, 2.05) is 20.9 Å². The summed E-state index contributed by atoms with van der Waals surface area (Å²) in [6.45, 7) is 5.59. The summed E-state index contributed by atoms with van der Waals surface area (Å²) in [5.74, 6) is -0.897. The van der Waals surface area contributed by atoms with Crippen molar-refractivity contribution in [3.63, 3.8) is 0 Å². The summed E-state index contributed by atoms with van der Waals surface area (Å²) in [5, 5.41) is 11.8. The molecule has 1 saturated heterocycles. The van der Waals surface area contributed by atoms with Crippen LogP contribution in [0.3, 0.4) is 0 Å². The highest BCUT2D eigenvalue weighted by molar-refractivity contribution is 5.78. The minimum absolute atomic E-state index is 0.0188. The zero-order valence-electron chi connectivity index (χ0n) is 11.5. The molecule has 1 aliphatic heterocycles. The summed E-state index contributed by atoms with van der Waals surface area (Å²) in [4.78, 5) is 24.8. The molecular weight excluding hydrogens is 232 g/mol. The molecule has 0 spiro atoms. The summed E-state index contributed by atoms with van der Waals surface area (Å²) in [6.07, 6.45) is 2.39. The van der Waals surface area contributed by atoms with Crippen molar-refractivity contribution in [3.8, 4) is 0 Å². The summed E-state index contributed by atoms with van der Waals surface area (Å²) in [7, 11) is 2.05. The lowest BCUT2D eigenvalue weighted by Crippen LogP contribution is -2.47. The second kappa shape index (κ2) is 6.18. The molecule has 0 bridgehead atoms. The lowest BCUT2D eigenvalue weighted by Gasteiger charge is -2.31. The van der Waals surface area contributed by atoms with Gasteiger partial charge >= 0.3 is 5.97 Å². The van der Waals surface area contributed by atoms with Crippen LogP contribution in [-0.4, -0.2) is 48.1 Å². The summed E-state index contributed by atoms with van der Waals surface area (Å²) < 4.78 is 0. The maximum atomic E-state index is 11.9. The highest BCUT2D eigenvalue weighted by Gasteiger charge is 2.27. The normalized spacial score (nSPS) is 21.6. The van der Waals surface area contributed by atoms with Crippen molar-refractivity contribution in [1.29, 1.82) is 0 Å². The van der Waals surface area contributed by atoms with E-state index >= 15 is 0 Å². The van der Waals surface area contributed by atoms with Crippen LogP contribution in [0.25, 0.3) is 0 Å². The molecule has 0 aromatic carbocycles. The molecule has 1 amide bonds. The molecule has 1 heterocycles. The van der Waals surface area contributed by atoms with E-state index in [-0.39, 0.29) is 24.8 Å². The Morgan fingerprint density at radius 3 is 2.61 bits per heavy atom. The number of nitrogens with zero attached hydrogens (tertiary/aromatic N) is 1. The van der Waals surface area contributed by atoms with E-state index in [9.17, 15) is 9.59 Å². The number of rotatable bonds is 5. The summed E-state index contributed by atoms with van der Waals surface area (Å²) >= 11 is 0. The molecular formula is C13H24N2O3. The second-order valence-electron chi connectivity index (χ2n) is 6.08. The monoisotopic (exact) mass is 256 g/mol. The highest BCUT2D eigenvalue weighted by atomic mass is 16.4. The van der Waals surface area contributed by atoms with E-state index in [2.05, 4.69) is 10.2 Å². The molecule has 1 atom stereocenters. The van der Waals surface area contributed by atoms with Gasteiger partial charge in [-0.2, -0.15) is 0 Å². The van der Waals surface area contributed by atoms with Gasteiger partial charge in [-0.3, -0.25) is 9.59 Å². The van der Waals surface area contributed by atoms with E-state index in [0.29, 0.717) is 0 Å². The number of nitrogens with one attached hydrogen (secondary N) is 1. The van der Waals surface area contributed by atoms with Gasteiger partial charge in [0.2, 0.25) is 5.91 Å². The number of likely N-dealkylation sites (tertiary alicyclic amines) is 1. The number of carbonyl (C=O) groups is 2. The fourth-order valence-corrected chi connectivity index (χ4v) is 2.47. The lowest BCUT2D eigenvalue weighted by molar-refractivity contribution is -0.139. The topological polar surface area (TPSA) is 69.6 Å². The van der Waals surface area contributed by atoms with Crippen molar-refractivity contribution in [2.24, 2.45) is 5.41 Å². The number of aliphatic carboxylic acids is 1. The van der Waals surface area contributed by atoms with E-state index in [4.69, 9.17) is 5.11 Å². The second-order valence-corrected chi connectivity index (χ2v) is 6.08. The molecule has 5 nitrogen and oxygen atoms in total. The van der Waals surface area contributed by atoms with Crippen LogP contribution in [0.4, 0.5) is 0 Å². The van der Waals surface area contributed by atoms with Crippen molar-refractivity contribution in [2.75, 3.05) is 20.1 Å². The third-order valence-corrected chi connectivity index (χ3v) is 3.26. The van der Waals surface area contributed by atoms with E-state index in [0.717, 1.165) is 25.9 Å². The Kier molecular flexibility index (Phi) is 5.14. The van der Waals surface area contributed by atoms with E-state index in [1.165, 1.54) is 0 Å². The van der Waals surface area contributed by atoms with Crippen molar-refractivity contribution in [3.05, 3.63) is 0 Å². The molecule has 0 aromatic heterocycles. The van der Waals surface area contributed by atoms with Crippen molar-refractivity contribution < 1.29 is 14.7 Å². The number of carboxylic acids is 1. The van der Waals surface area contributed by atoms with Gasteiger partial charge in [0.15, 0.2) is 0 Å². The predicted octanol–water partition coefficient (Wildman–Crippen LogP) is 1.09. The molecule has 0 aliphatic carbocycles. The Morgan fingerprint density at radius 2 is 2.06 bits per heavy atom. The van der Waals surface area contributed by atoms with Gasteiger partial charge in [0.25, 0.3) is 0 Å². The maximum absolute atomic E-state index is 11.9. The lowest BCUT2D eigenvalue weighted by atomic mass is 9.85. The standard InChI is InChI=1S/C13H24N2O3/c1-13(2,8-12(17)18)7-11(16)14-10-5-4-6-15(3)9-10/h10H,4-9H2,1-3H3,(H,14,16)(H,17,18). The molecule has 2 N–H and O–H groups in total. The van der Waals surface area contributed by atoms with Crippen LogP contribution in [0.1, 0.15) is 39.5 Å². The molecule has 1 unspecified atom stereocenters. The minimum atomic E-state index is -0.856. The van der Waals surface area contributed by atoms with Crippen LogP contribution in [0.15, 0.2) is 0 Å². The zero-order valence-corrected chi connectivity index (χ0v) is 11.5. The smallest absolute Gasteiger partial charge is 0.303 e. The molecule has 104 valence electrons. The molecule has 5 heteroatoms. The Hall–Kier alpha value is -1.10. The van der Waals surface area contributed by atoms with Gasteiger partial charge < -0.3 is 15.3 Å². The van der Waals surface area contributed by atoms with E-state index < -0.39 is 11.4 Å². The molecule has 0 radical (unpaired) electrons. The van der Waals surface area contributed by atoms with Gasteiger partial charge in [-0.05, 0) is 31.8 Å². The highest BCUT2D eigenvalue weighted by Crippen LogP contribution is 2.25. The predicted molar refractivity (Wildman–Crippen MR) is 69.3 cm³/mol. The molecule has 0 saturated carbocycles. The van der Waals surface area contributed by atoms with E-state index in [1.54, 1.807) is 0 Å². The first-order valence-corrected chi connectivity index (χ1v) is 6.48. The average Bonchev–Trinajstić information content (AvgIpc) is 2.13. The number of carbonyl (C=O) groups excluding carboxylic acids is 1. The number of hydrogen-bond donors (Lipinski definition) is 2. The zero-order chi connectivity index (χ0) is 13.8. The van der Waals surface area contributed by atoms with Crippen molar-refractivity contribution in [1.82, 2.24) is 10.2 Å². The Labute approximate surface area is 109 Å². The fraction of sp³-hybridized carbons (Fsp3) is 0.846. The van der Waals surface area contributed by atoms with Crippen LogP contribution in [0, 0.1) is 5.41 Å². The minimum Gasteiger partial charge on any atom is -0.481 e. The molecule has 0 aromatic rings. The quantitative estimate of drug-likeness (QED) is 0.772. The van der Waals surface area contributed by atoms with Gasteiger partial charge in [-0.1, -0.05) is 13.8 Å². The molecule has 18 heavy (non-hydrogen) atoms. The Balaban J connectivity index is 2.38. The average molecular weight is 256 g/mol. The molecule has 1 fully saturated rings. The first-order valence-electron chi connectivity index (χ1n) is 6.48. The van der Waals surface area contributed by atoms with Crippen molar-refractivity contribution in [2.45, 2.75) is 45.6 Å². The number of carboxylic acid groups (broad SMARTS) is 1. The van der Waals surface area contributed by atoms with Crippen LogP contribution in [-0.2, 0) is 9.59 Å². The van der Waals surface area contributed by atoms with Crippen LogP contribution < -0.4 is 5.32 Å². The first kappa shape index (κ1) is 15.0. The van der Waals surface area contributed by atoms with Gasteiger partial charge in [-0.25, -0.2) is 0 Å². The Morgan fingerprint density at radius 1 is 1.39 bits per heavy atom. The van der Waals surface area contributed by atoms with Crippen LogP contribution in [0.5, 0.6) is 0 Å². The van der Waals surface area contributed by atoms with Gasteiger partial charge in [0.05, 0.1) is 6.42 Å². The molecule has 1 rings (SSSR count).